The van der Waals surface area contributed by atoms with E-state index < -0.39 is 5.97 Å². The van der Waals surface area contributed by atoms with Crippen molar-refractivity contribution in [1.82, 2.24) is 10.2 Å². The molecule has 0 aliphatic rings. The third-order valence-corrected chi connectivity index (χ3v) is 1.18. The van der Waals surface area contributed by atoms with Gasteiger partial charge in [0.15, 0.2) is 0 Å². The number of aromatic nitrogens is 2. The number of nitriles is 1. The summed E-state index contributed by atoms with van der Waals surface area (Å²) < 4.78 is 0. The molecule has 1 aromatic heterocycles. The van der Waals surface area contributed by atoms with E-state index in [2.05, 4.69) is 10.2 Å². The highest BCUT2D eigenvalue weighted by Crippen LogP contribution is 2.03. The fourth-order valence-corrected chi connectivity index (χ4v) is 0.667. The van der Waals surface area contributed by atoms with Gasteiger partial charge in [0.05, 0.1) is 17.5 Å². The van der Waals surface area contributed by atoms with E-state index in [4.69, 9.17) is 10.4 Å². The average molecular weight is 163 g/mol. The lowest BCUT2D eigenvalue weighted by molar-refractivity contribution is -0.131. The van der Waals surface area contributed by atoms with Crippen molar-refractivity contribution in [1.29, 1.82) is 5.26 Å². The molecule has 0 saturated heterocycles. The molecule has 0 unspecified atom stereocenters. The molecule has 1 heterocycles. The van der Waals surface area contributed by atoms with Crippen molar-refractivity contribution >= 4 is 12.0 Å². The predicted molar refractivity (Wildman–Crippen MR) is 40.0 cm³/mol. The predicted octanol–water partition coefficient (Wildman–Crippen LogP) is 0.379. The summed E-state index contributed by atoms with van der Waals surface area (Å²) in [4.78, 5) is 10.1. The van der Waals surface area contributed by atoms with Crippen LogP contribution in [0.15, 0.2) is 12.3 Å². The molecule has 12 heavy (non-hydrogen) atoms. The minimum absolute atomic E-state index is 0.326. The Labute approximate surface area is 67.9 Å². The highest BCUT2D eigenvalue weighted by molar-refractivity contribution is 5.85. The van der Waals surface area contributed by atoms with Crippen LogP contribution in [0, 0.1) is 11.3 Å². The molecular weight excluding hydrogens is 158 g/mol. The second-order valence-electron chi connectivity index (χ2n) is 1.98. The summed E-state index contributed by atoms with van der Waals surface area (Å²) in [6, 6.07) is 1.86. The molecule has 0 aromatic carbocycles. The lowest BCUT2D eigenvalue weighted by Gasteiger charge is -1.83. The molecule has 0 bridgehead atoms. The number of carboxylic acid groups (broad SMARTS) is 1. The van der Waals surface area contributed by atoms with Gasteiger partial charge in [-0.1, -0.05) is 0 Å². The first-order valence-corrected chi connectivity index (χ1v) is 3.08. The van der Waals surface area contributed by atoms with Crippen LogP contribution in [0.5, 0.6) is 0 Å². The van der Waals surface area contributed by atoms with Crippen molar-refractivity contribution in [3.8, 4) is 6.07 Å². The lowest BCUT2D eigenvalue weighted by atomic mass is 10.2. The summed E-state index contributed by atoms with van der Waals surface area (Å²) >= 11 is 0. The number of aliphatic carboxylic acids is 1. The van der Waals surface area contributed by atoms with Crippen molar-refractivity contribution in [2.45, 2.75) is 0 Å². The summed E-state index contributed by atoms with van der Waals surface area (Å²) in [6.07, 6.45) is 3.56. The van der Waals surface area contributed by atoms with Gasteiger partial charge in [-0.3, -0.25) is 5.10 Å². The summed E-state index contributed by atoms with van der Waals surface area (Å²) in [5, 5.41) is 22.8. The number of rotatable bonds is 2. The van der Waals surface area contributed by atoms with Crippen LogP contribution in [-0.2, 0) is 4.79 Å². The number of hydrogen-bond acceptors (Lipinski definition) is 3. The fourth-order valence-electron chi connectivity index (χ4n) is 0.667. The van der Waals surface area contributed by atoms with E-state index in [0.29, 0.717) is 11.3 Å². The van der Waals surface area contributed by atoms with E-state index in [1.54, 1.807) is 0 Å². The summed E-state index contributed by atoms with van der Waals surface area (Å²) in [6.45, 7) is 0. The van der Waals surface area contributed by atoms with E-state index in [1.807, 2.05) is 6.07 Å². The minimum Gasteiger partial charge on any atom is -0.478 e. The molecule has 2 N–H and O–H groups in total. The topological polar surface area (TPSA) is 89.8 Å². The zero-order valence-electron chi connectivity index (χ0n) is 5.98. The zero-order chi connectivity index (χ0) is 8.97. The van der Waals surface area contributed by atoms with Crippen LogP contribution in [0.4, 0.5) is 0 Å². The molecule has 0 spiro atoms. The Morgan fingerprint density at radius 1 is 1.83 bits per heavy atom. The van der Waals surface area contributed by atoms with Crippen LogP contribution in [0.2, 0.25) is 0 Å². The van der Waals surface area contributed by atoms with Crippen molar-refractivity contribution < 1.29 is 9.90 Å². The van der Waals surface area contributed by atoms with Gasteiger partial charge in [0.1, 0.15) is 6.07 Å². The van der Waals surface area contributed by atoms with Gasteiger partial charge >= 0.3 is 5.97 Å². The van der Waals surface area contributed by atoms with Gasteiger partial charge in [0.25, 0.3) is 0 Å². The van der Waals surface area contributed by atoms with Crippen LogP contribution in [0.3, 0.4) is 0 Å². The smallest absolute Gasteiger partial charge is 0.328 e. The van der Waals surface area contributed by atoms with Gasteiger partial charge < -0.3 is 5.11 Å². The second-order valence-corrected chi connectivity index (χ2v) is 1.98. The van der Waals surface area contributed by atoms with Gasteiger partial charge in [0.2, 0.25) is 0 Å². The number of nitrogens with one attached hydrogen (secondary N) is 1. The maximum absolute atomic E-state index is 10.1. The Bertz CT molecular complexity index is 359. The molecule has 0 amide bonds. The molecule has 5 heteroatoms. The van der Waals surface area contributed by atoms with Gasteiger partial charge in [0, 0.05) is 6.08 Å². The van der Waals surface area contributed by atoms with Crippen LogP contribution in [0.1, 0.15) is 11.3 Å². The van der Waals surface area contributed by atoms with Gasteiger partial charge in [-0.2, -0.15) is 10.4 Å². The lowest BCUT2D eigenvalue weighted by Crippen LogP contribution is -1.86. The Hall–Kier alpha value is -2.09. The number of carboxylic acids is 1. The maximum Gasteiger partial charge on any atom is 0.328 e. The molecular formula is C7H5N3O2. The molecule has 0 aliphatic heterocycles. The largest absolute Gasteiger partial charge is 0.478 e. The molecule has 0 aliphatic carbocycles. The molecule has 0 saturated carbocycles. The van der Waals surface area contributed by atoms with Crippen LogP contribution in [0.25, 0.3) is 6.08 Å². The first kappa shape index (κ1) is 8.01. The summed E-state index contributed by atoms with van der Waals surface area (Å²) in [5.41, 5.74) is 0.729. The molecule has 1 aromatic rings. The van der Waals surface area contributed by atoms with E-state index in [0.717, 1.165) is 6.08 Å². The maximum atomic E-state index is 10.1. The van der Waals surface area contributed by atoms with Gasteiger partial charge in [-0.15, -0.1) is 0 Å². The van der Waals surface area contributed by atoms with Crippen LogP contribution in [-0.4, -0.2) is 21.3 Å². The van der Waals surface area contributed by atoms with E-state index in [-0.39, 0.29) is 0 Å². The highest BCUT2D eigenvalue weighted by Gasteiger charge is 1.99. The van der Waals surface area contributed by atoms with Gasteiger partial charge in [-0.05, 0) is 6.08 Å². The van der Waals surface area contributed by atoms with Crippen LogP contribution < -0.4 is 0 Å². The molecule has 1 rings (SSSR count). The van der Waals surface area contributed by atoms with Crippen molar-refractivity contribution in [3.05, 3.63) is 23.5 Å². The number of nitrogens with zero attached hydrogens (tertiary/aromatic N) is 2. The SMILES string of the molecule is N#Cc1cn[nH]c1/C=C/C(=O)O. The third kappa shape index (κ3) is 1.70. The van der Waals surface area contributed by atoms with Crippen molar-refractivity contribution in [2.75, 3.05) is 0 Å². The Kier molecular flexibility index (Phi) is 2.23. The van der Waals surface area contributed by atoms with E-state index in [9.17, 15) is 4.79 Å². The number of hydrogen-bond donors (Lipinski definition) is 2. The summed E-state index contributed by atoms with van der Waals surface area (Å²) in [7, 11) is 0. The third-order valence-electron chi connectivity index (χ3n) is 1.18. The van der Waals surface area contributed by atoms with Crippen molar-refractivity contribution in [3.63, 3.8) is 0 Å². The highest BCUT2D eigenvalue weighted by atomic mass is 16.4. The fraction of sp³-hybridized carbons (Fsp3) is 0. The monoisotopic (exact) mass is 163 g/mol. The number of aromatic amines is 1. The molecule has 0 fully saturated rings. The quantitative estimate of drug-likeness (QED) is 0.616. The first-order valence-electron chi connectivity index (χ1n) is 3.08. The van der Waals surface area contributed by atoms with Gasteiger partial charge in [-0.25, -0.2) is 4.79 Å². The normalized spacial score (nSPS) is 9.92. The Balaban J connectivity index is 2.90. The minimum atomic E-state index is -1.06. The molecule has 0 radical (unpaired) electrons. The Morgan fingerprint density at radius 2 is 2.58 bits per heavy atom. The number of carbonyl (C=O) groups is 1. The number of H-pyrrole nitrogens is 1. The standard InChI is InChI=1S/C7H5N3O2/c8-3-5-4-9-10-6(5)1-2-7(11)12/h1-2,4H,(H,9,10)(H,11,12)/b2-1+. The second kappa shape index (κ2) is 3.34. The van der Waals surface area contributed by atoms with E-state index in [1.165, 1.54) is 12.3 Å². The molecule has 60 valence electrons. The van der Waals surface area contributed by atoms with Crippen LogP contribution >= 0.6 is 0 Å². The molecule has 5 nitrogen and oxygen atoms in total. The zero-order valence-corrected chi connectivity index (χ0v) is 5.98. The summed E-state index contributed by atoms with van der Waals surface area (Å²) in [5.74, 6) is -1.06. The molecule has 0 atom stereocenters. The van der Waals surface area contributed by atoms with Crippen molar-refractivity contribution in [2.24, 2.45) is 0 Å². The first-order chi connectivity index (χ1) is 5.74. The van der Waals surface area contributed by atoms with E-state index >= 15 is 0 Å². The Morgan fingerprint density at radius 3 is 3.17 bits per heavy atom. The average Bonchev–Trinajstić information content (AvgIpc) is 2.47.